The normalized spacial score (nSPS) is 10.9. The SMILES string of the molecule is CCCCCCCCc1[c]ccc(CCC)c1CCC. The van der Waals surface area contributed by atoms with Crippen LogP contribution in [0.5, 0.6) is 0 Å². The Morgan fingerprint density at radius 3 is 2.15 bits per heavy atom. The zero-order valence-corrected chi connectivity index (χ0v) is 13.9. The van der Waals surface area contributed by atoms with Crippen molar-refractivity contribution in [1.29, 1.82) is 0 Å². The third-order valence-corrected chi connectivity index (χ3v) is 4.09. The quantitative estimate of drug-likeness (QED) is 0.415. The molecule has 0 nitrogen and oxygen atoms in total. The summed E-state index contributed by atoms with van der Waals surface area (Å²) in [6.07, 6.45) is 14.5. The molecule has 0 saturated heterocycles. The average molecular weight is 273 g/mol. The third-order valence-electron chi connectivity index (χ3n) is 4.09. The summed E-state index contributed by atoms with van der Waals surface area (Å²) >= 11 is 0. The third kappa shape index (κ3) is 6.11. The highest BCUT2D eigenvalue weighted by atomic mass is 14.1. The second kappa shape index (κ2) is 10.9. The Labute approximate surface area is 127 Å². The molecule has 0 aliphatic heterocycles. The Morgan fingerprint density at radius 2 is 1.45 bits per heavy atom. The Bertz CT molecular complexity index is 351. The molecule has 0 heterocycles. The Kier molecular flexibility index (Phi) is 9.45. The molecule has 0 bridgehead atoms. The zero-order valence-electron chi connectivity index (χ0n) is 13.9. The average Bonchev–Trinajstić information content (AvgIpc) is 2.46. The summed E-state index contributed by atoms with van der Waals surface area (Å²) in [6, 6.07) is 7.96. The van der Waals surface area contributed by atoms with Crippen molar-refractivity contribution >= 4 is 0 Å². The maximum Gasteiger partial charge on any atom is -0.0146 e. The van der Waals surface area contributed by atoms with Gasteiger partial charge in [-0.1, -0.05) is 77.8 Å². The molecule has 0 N–H and O–H groups in total. The van der Waals surface area contributed by atoms with Crippen LogP contribution in [0.3, 0.4) is 0 Å². The molecular formula is C20H33. The molecule has 1 rings (SSSR count). The van der Waals surface area contributed by atoms with Gasteiger partial charge in [0.15, 0.2) is 0 Å². The van der Waals surface area contributed by atoms with Crippen molar-refractivity contribution in [1.82, 2.24) is 0 Å². The fourth-order valence-electron chi connectivity index (χ4n) is 2.99. The number of benzene rings is 1. The number of hydrogen-bond acceptors (Lipinski definition) is 0. The van der Waals surface area contributed by atoms with E-state index in [0.717, 1.165) is 0 Å². The summed E-state index contributed by atoms with van der Waals surface area (Å²) in [4.78, 5) is 0. The standard InChI is InChI=1S/C20H33/c1-4-7-8-9-10-11-15-19-17-12-16-18(13-5-2)20(19)14-6-3/h12,16H,4-11,13-15H2,1-3H3. The predicted octanol–water partition coefficient (Wildman–Crippen LogP) is 6.29. The highest BCUT2D eigenvalue weighted by Gasteiger charge is 2.07. The van der Waals surface area contributed by atoms with Gasteiger partial charge in [0, 0.05) is 0 Å². The van der Waals surface area contributed by atoms with E-state index in [0.29, 0.717) is 0 Å². The largest absolute Gasteiger partial charge is 0.0654 e. The number of unbranched alkanes of at least 4 members (excludes halogenated alkanes) is 5. The summed E-state index contributed by atoms with van der Waals surface area (Å²) in [5, 5.41) is 0. The van der Waals surface area contributed by atoms with E-state index in [4.69, 9.17) is 0 Å². The topological polar surface area (TPSA) is 0 Å². The van der Waals surface area contributed by atoms with Gasteiger partial charge < -0.3 is 0 Å². The molecule has 1 aromatic rings. The van der Waals surface area contributed by atoms with Crippen molar-refractivity contribution in [3.05, 3.63) is 34.9 Å². The van der Waals surface area contributed by atoms with E-state index in [1.54, 1.807) is 11.1 Å². The van der Waals surface area contributed by atoms with Crippen molar-refractivity contribution in [3.63, 3.8) is 0 Å². The molecule has 0 saturated carbocycles. The number of hydrogen-bond donors (Lipinski definition) is 0. The Balaban J connectivity index is 2.52. The minimum absolute atomic E-state index is 1.23. The Morgan fingerprint density at radius 1 is 0.750 bits per heavy atom. The van der Waals surface area contributed by atoms with Crippen LogP contribution < -0.4 is 0 Å². The van der Waals surface area contributed by atoms with Crippen LogP contribution in [-0.4, -0.2) is 0 Å². The van der Waals surface area contributed by atoms with Gasteiger partial charge in [-0.2, -0.15) is 0 Å². The second-order valence-electron chi connectivity index (χ2n) is 5.98. The predicted molar refractivity (Wildman–Crippen MR) is 90.3 cm³/mol. The van der Waals surface area contributed by atoms with Gasteiger partial charge in [-0.05, 0) is 48.4 Å². The van der Waals surface area contributed by atoms with Gasteiger partial charge in [-0.15, -0.1) is 0 Å². The van der Waals surface area contributed by atoms with Crippen LogP contribution >= 0.6 is 0 Å². The minimum atomic E-state index is 1.23. The second-order valence-corrected chi connectivity index (χ2v) is 5.98. The molecule has 0 aliphatic rings. The van der Waals surface area contributed by atoms with Gasteiger partial charge >= 0.3 is 0 Å². The van der Waals surface area contributed by atoms with Crippen LogP contribution in [0.2, 0.25) is 0 Å². The molecule has 20 heavy (non-hydrogen) atoms. The molecule has 1 aromatic carbocycles. The first kappa shape index (κ1) is 17.3. The maximum atomic E-state index is 3.52. The lowest BCUT2D eigenvalue weighted by molar-refractivity contribution is 0.606. The Hall–Kier alpha value is -0.780. The molecule has 0 atom stereocenters. The van der Waals surface area contributed by atoms with Gasteiger partial charge in [0.25, 0.3) is 0 Å². The first-order chi connectivity index (χ1) is 9.83. The van der Waals surface area contributed by atoms with E-state index >= 15 is 0 Å². The van der Waals surface area contributed by atoms with Crippen LogP contribution in [0.1, 0.15) is 88.8 Å². The van der Waals surface area contributed by atoms with Crippen molar-refractivity contribution < 1.29 is 0 Å². The molecule has 113 valence electrons. The van der Waals surface area contributed by atoms with Crippen molar-refractivity contribution in [2.75, 3.05) is 0 Å². The van der Waals surface area contributed by atoms with E-state index in [-0.39, 0.29) is 0 Å². The summed E-state index contributed by atoms with van der Waals surface area (Å²) in [5.41, 5.74) is 4.70. The van der Waals surface area contributed by atoms with Crippen molar-refractivity contribution in [2.24, 2.45) is 0 Å². The van der Waals surface area contributed by atoms with Crippen LogP contribution in [-0.2, 0) is 19.3 Å². The van der Waals surface area contributed by atoms with Gasteiger partial charge in [-0.25, -0.2) is 0 Å². The molecular weight excluding hydrogens is 240 g/mol. The lowest BCUT2D eigenvalue weighted by Crippen LogP contribution is -2.01. The molecule has 0 spiro atoms. The summed E-state index contributed by atoms with van der Waals surface area (Å²) in [5.74, 6) is 0. The van der Waals surface area contributed by atoms with Crippen LogP contribution in [0.25, 0.3) is 0 Å². The molecule has 0 heteroatoms. The fraction of sp³-hybridized carbons (Fsp3) is 0.700. The van der Waals surface area contributed by atoms with Gasteiger partial charge in [0.2, 0.25) is 0 Å². The van der Waals surface area contributed by atoms with Crippen molar-refractivity contribution in [3.8, 4) is 0 Å². The van der Waals surface area contributed by atoms with E-state index in [1.807, 2.05) is 0 Å². The molecule has 0 aliphatic carbocycles. The highest BCUT2D eigenvalue weighted by Crippen LogP contribution is 2.20. The maximum absolute atomic E-state index is 3.52. The van der Waals surface area contributed by atoms with E-state index in [9.17, 15) is 0 Å². The first-order valence-electron chi connectivity index (χ1n) is 8.84. The first-order valence-corrected chi connectivity index (χ1v) is 8.84. The molecule has 1 radical (unpaired) electrons. The molecule has 0 unspecified atom stereocenters. The summed E-state index contributed by atoms with van der Waals surface area (Å²) in [7, 11) is 0. The number of rotatable bonds is 11. The van der Waals surface area contributed by atoms with Crippen LogP contribution in [0.15, 0.2) is 12.1 Å². The van der Waals surface area contributed by atoms with Gasteiger partial charge in [0.1, 0.15) is 0 Å². The fourth-order valence-corrected chi connectivity index (χ4v) is 2.99. The lowest BCUT2D eigenvalue weighted by atomic mass is 9.91. The van der Waals surface area contributed by atoms with Crippen LogP contribution in [0.4, 0.5) is 0 Å². The minimum Gasteiger partial charge on any atom is -0.0654 e. The van der Waals surface area contributed by atoms with E-state index < -0.39 is 0 Å². The molecule has 0 aromatic heterocycles. The zero-order chi connectivity index (χ0) is 14.6. The van der Waals surface area contributed by atoms with E-state index in [1.165, 1.54) is 76.2 Å². The summed E-state index contributed by atoms with van der Waals surface area (Å²) < 4.78 is 0. The molecule has 0 fully saturated rings. The van der Waals surface area contributed by atoms with Crippen LogP contribution in [0, 0.1) is 6.07 Å². The van der Waals surface area contributed by atoms with E-state index in [2.05, 4.69) is 39.0 Å². The molecule has 0 amide bonds. The monoisotopic (exact) mass is 273 g/mol. The van der Waals surface area contributed by atoms with Gasteiger partial charge in [-0.3, -0.25) is 0 Å². The highest BCUT2D eigenvalue weighted by molar-refractivity contribution is 5.35. The lowest BCUT2D eigenvalue weighted by Gasteiger charge is -2.14. The smallest absolute Gasteiger partial charge is 0.0146 e. The van der Waals surface area contributed by atoms with Crippen molar-refractivity contribution in [2.45, 2.75) is 91.4 Å². The van der Waals surface area contributed by atoms with Gasteiger partial charge in [0.05, 0.1) is 0 Å². The summed E-state index contributed by atoms with van der Waals surface area (Å²) in [6.45, 7) is 6.85. The number of aryl methyl sites for hydroxylation is 2.